The van der Waals surface area contributed by atoms with Crippen LogP contribution in [0.5, 0.6) is 5.75 Å². The van der Waals surface area contributed by atoms with Crippen LogP contribution in [0.4, 0.5) is 0 Å². The molecule has 7 nitrogen and oxygen atoms in total. The number of carbonyl (C=O) groups excluding carboxylic acids is 2. The van der Waals surface area contributed by atoms with Gasteiger partial charge in [0, 0.05) is 17.6 Å². The molecule has 1 aliphatic rings. The number of benzene rings is 1. The summed E-state index contributed by atoms with van der Waals surface area (Å²) in [5.74, 6) is 0.423. The standard InChI is InChI=1S/C29H38N2O5S/c1-5-7-14-35-24-12-10-22(11-13-24)18-25(31-27(32)26-9-8-15-36-26)28-30-23(19-37-28)17-20(3)16-21(4)29(33)34-6-2/h10-13,16-17,19,25-26H,5-9,14-15,18H2,1-4H3,(H,31,32)/b20-17+,21-16-/t25-,26?/m0/s1. The summed E-state index contributed by atoms with van der Waals surface area (Å²) >= 11 is 1.51. The average molecular weight is 527 g/mol. The summed E-state index contributed by atoms with van der Waals surface area (Å²) in [6.07, 6.45) is 7.65. The van der Waals surface area contributed by atoms with Crippen molar-refractivity contribution in [3.8, 4) is 5.75 Å². The van der Waals surface area contributed by atoms with Crippen molar-refractivity contribution in [1.29, 1.82) is 0 Å². The Morgan fingerprint density at radius 2 is 2.03 bits per heavy atom. The van der Waals surface area contributed by atoms with Crippen LogP contribution < -0.4 is 10.1 Å². The molecule has 0 radical (unpaired) electrons. The van der Waals surface area contributed by atoms with Crippen LogP contribution in [0.15, 0.2) is 46.9 Å². The summed E-state index contributed by atoms with van der Waals surface area (Å²) in [6, 6.07) is 7.73. The van der Waals surface area contributed by atoms with E-state index in [0.29, 0.717) is 31.8 Å². The van der Waals surface area contributed by atoms with Crippen molar-refractivity contribution in [2.75, 3.05) is 19.8 Å². The Labute approximate surface area is 223 Å². The lowest BCUT2D eigenvalue weighted by molar-refractivity contribution is -0.138. The molecule has 0 bridgehead atoms. The molecule has 8 heteroatoms. The fourth-order valence-electron chi connectivity index (χ4n) is 3.99. The predicted molar refractivity (Wildman–Crippen MR) is 147 cm³/mol. The molecule has 0 saturated carbocycles. The molecule has 1 aromatic heterocycles. The Balaban J connectivity index is 1.75. The van der Waals surface area contributed by atoms with Gasteiger partial charge in [0.1, 0.15) is 16.9 Å². The highest BCUT2D eigenvalue weighted by Gasteiger charge is 2.27. The molecule has 2 aromatic rings. The van der Waals surface area contributed by atoms with Crippen LogP contribution in [-0.2, 0) is 25.5 Å². The lowest BCUT2D eigenvalue weighted by Crippen LogP contribution is -2.37. The molecular weight excluding hydrogens is 488 g/mol. The van der Waals surface area contributed by atoms with Crippen LogP contribution in [-0.4, -0.2) is 42.8 Å². The normalized spacial score (nSPS) is 16.9. The minimum absolute atomic E-state index is 0.0986. The molecule has 1 saturated heterocycles. The third kappa shape index (κ3) is 9.13. The van der Waals surface area contributed by atoms with Gasteiger partial charge < -0.3 is 19.5 Å². The molecule has 1 N–H and O–H groups in total. The number of hydrogen-bond donors (Lipinski definition) is 1. The quantitative estimate of drug-likeness (QED) is 0.153. The van der Waals surface area contributed by atoms with Gasteiger partial charge in [0.25, 0.3) is 0 Å². The maximum atomic E-state index is 12.9. The first-order chi connectivity index (χ1) is 17.9. The first-order valence-corrected chi connectivity index (χ1v) is 13.9. The number of ether oxygens (including phenoxy) is 3. The van der Waals surface area contributed by atoms with E-state index in [-0.39, 0.29) is 17.9 Å². The second-order valence-corrected chi connectivity index (χ2v) is 10.0. The van der Waals surface area contributed by atoms with Crippen LogP contribution in [0.2, 0.25) is 0 Å². The first-order valence-electron chi connectivity index (χ1n) is 13.0. The van der Waals surface area contributed by atoms with Gasteiger partial charge in [-0.05, 0) is 81.9 Å². The lowest BCUT2D eigenvalue weighted by Gasteiger charge is -2.19. The number of esters is 1. The monoisotopic (exact) mass is 526 g/mol. The minimum atomic E-state index is -0.408. The molecule has 1 fully saturated rings. The zero-order chi connectivity index (χ0) is 26.6. The van der Waals surface area contributed by atoms with E-state index in [2.05, 4.69) is 12.2 Å². The number of thiazole rings is 1. The molecule has 200 valence electrons. The van der Waals surface area contributed by atoms with E-state index in [4.69, 9.17) is 19.2 Å². The van der Waals surface area contributed by atoms with Gasteiger partial charge in [0.05, 0.1) is 24.9 Å². The first kappa shape index (κ1) is 28.6. The van der Waals surface area contributed by atoms with E-state index in [1.165, 1.54) is 11.3 Å². The molecular formula is C29H38N2O5S. The van der Waals surface area contributed by atoms with Gasteiger partial charge in [-0.3, -0.25) is 4.79 Å². The molecule has 37 heavy (non-hydrogen) atoms. The van der Waals surface area contributed by atoms with Crippen LogP contribution >= 0.6 is 11.3 Å². The molecule has 1 aliphatic heterocycles. The van der Waals surface area contributed by atoms with Gasteiger partial charge >= 0.3 is 5.97 Å². The second kappa shape index (κ2) is 14.7. The van der Waals surface area contributed by atoms with Crippen molar-refractivity contribution in [2.24, 2.45) is 0 Å². The Morgan fingerprint density at radius 1 is 1.24 bits per heavy atom. The number of rotatable bonds is 13. The molecule has 1 amide bonds. The van der Waals surface area contributed by atoms with Crippen molar-refractivity contribution in [1.82, 2.24) is 10.3 Å². The summed E-state index contributed by atoms with van der Waals surface area (Å²) < 4.78 is 16.4. The van der Waals surface area contributed by atoms with Crippen LogP contribution in [0.25, 0.3) is 6.08 Å². The summed E-state index contributed by atoms with van der Waals surface area (Å²) in [7, 11) is 0. The van der Waals surface area contributed by atoms with Crippen molar-refractivity contribution < 1.29 is 23.8 Å². The molecule has 0 aliphatic carbocycles. The highest BCUT2D eigenvalue weighted by molar-refractivity contribution is 7.09. The molecule has 2 atom stereocenters. The summed E-state index contributed by atoms with van der Waals surface area (Å²) in [5, 5.41) is 5.95. The molecule has 3 rings (SSSR count). The number of hydrogen-bond acceptors (Lipinski definition) is 7. The second-order valence-electron chi connectivity index (χ2n) is 9.16. The van der Waals surface area contributed by atoms with E-state index in [0.717, 1.165) is 53.3 Å². The minimum Gasteiger partial charge on any atom is -0.494 e. The third-order valence-corrected chi connectivity index (χ3v) is 6.90. The van der Waals surface area contributed by atoms with Gasteiger partial charge in [0.2, 0.25) is 5.91 Å². The van der Waals surface area contributed by atoms with Crippen molar-refractivity contribution in [2.45, 2.75) is 71.9 Å². The van der Waals surface area contributed by atoms with Crippen LogP contribution in [0, 0.1) is 0 Å². The van der Waals surface area contributed by atoms with Crippen molar-refractivity contribution in [3.63, 3.8) is 0 Å². The highest BCUT2D eigenvalue weighted by Crippen LogP contribution is 2.26. The Morgan fingerprint density at radius 3 is 2.70 bits per heavy atom. The fraction of sp³-hybridized carbons (Fsp3) is 0.483. The molecule has 2 heterocycles. The van der Waals surface area contributed by atoms with E-state index in [9.17, 15) is 9.59 Å². The van der Waals surface area contributed by atoms with Gasteiger partial charge in [-0.15, -0.1) is 11.3 Å². The van der Waals surface area contributed by atoms with E-state index < -0.39 is 6.10 Å². The van der Waals surface area contributed by atoms with Gasteiger partial charge in [-0.1, -0.05) is 25.5 Å². The number of unbranched alkanes of at least 4 members (excludes halogenated alkanes) is 1. The SMILES string of the molecule is CCCCOc1ccc(C[C@H](NC(=O)C2CCCO2)c2nc(/C=C(C)/C=C(/C)C(=O)OCC)cs2)cc1. The lowest BCUT2D eigenvalue weighted by atomic mass is 10.1. The highest BCUT2D eigenvalue weighted by atomic mass is 32.1. The van der Waals surface area contributed by atoms with E-state index >= 15 is 0 Å². The Hall–Kier alpha value is -2.97. The average Bonchev–Trinajstić information content (AvgIpc) is 3.58. The van der Waals surface area contributed by atoms with Crippen LogP contribution in [0.3, 0.4) is 0 Å². The maximum absolute atomic E-state index is 12.9. The Bertz CT molecular complexity index is 1080. The van der Waals surface area contributed by atoms with Crippen molar-refractivity contribution in [3.05, 3.63) is 63.1 Å². The number of aromatic nitrogens is 1. The van der Waals surface area contributed by atoms with Crippen molar-refractivity contribution >= 4 is 29.3 Å². The van der Waals surface area contributed by atoms with E-state index in [1.807, 2.05) is 42.6 Å². The van der Waals surface area contributed by atoms with Gasteiger partial charge in [0.15, 0.2) is 0 Å². The zero-order valence-corrected chi connectivity index (χ0v) is 23.1. The summed E-state index contributed by atoms with van der Waals surface area (Å²) in [5.41, 5.74) is 3.29. The van der Waals surface area contributed by atoms with Gasteiger partial charge in [-0.2, -0.15) is 0 Å². The predicted octanol–water partition coefficient (Wildman–Crippen LogP) is 5.81. The number of carbonyl (C=O) groups is 2. The topological polar surface area (TPSA) is 86.8 Å². The largest absolute Gasteiger partial charge is 0.494 e. The number of allylic oxidation sites excluding steroid dienone is 2. The third-order valence-electron chi connectivity index (χ3n) is 5.92. The summed E-state index contributed by atoms with van der Waals surface area (Å²) in [6.45, 7) is 9.25. The maximum Gasteiger partial charge on any atom is 0.333 e. The fourth-order valence-corrected chi connectivity index (χ4v) is 4.82. The summed E-state index contributed by atoms with van der Waals surface area (Å²) in [4.78, 5) is 29.6. The molecule has 1 unspecified atom stereocenters. The Kier molecular flexibility index (Phi) is 11.4. The molecule has 0 spiro atoms. The number of amides is 1. The van der Waals surface area contributed by atoms with Gasteiger partial charge in [-0.25, -0.2) is 9.78 Å². The number of nitrogens with one attached hydrogen (secondary N) is 1. The zero-order valence-electron chi connectivity index (χ0n) is 22.2. The molecule has 1 aromatic carbocycles. The van der Waals surface area contributed by atoms with Crippen LogP contribution in [0.1, 0.15) is 75.7 Å². The van der Waals surface area contributed by atoms with E-state index in [1.54, 1.807) is 19.9 Å². The number of nitrogens with zero attached hydrogens (tertiary/aromatic N) is 1. The smallest absolute Gasteiger partial charge is 0.333 e.